The molecular weight excluding hydrogens is 206 g/mol. The van der Waals surface area contributed by atoms with Crippen LogP contribution in [0.3, 0.4) is 0 Å². The maximum atomic E-state index is 11.7. The Balaban J connectivity index is 2.52. The summed E-state index contributed by atoms with van der Waals surface area (Å²) in [7, 11) is 1.54. The zero-order chi connectivity index (χ0) is 11.5. The van der Waals surface area contributed by atoms with Crippen LogP contribution >= 0.6 is 0 Å². The topological polar surface area (TPSA) is 51.3 Å². The van der Waals surface area contributed by atoms with Crippen LogP contribution in [0.15, 0.2) is 24.4 Å². The fourth-order valence-electron chi connectivity index (χ4n) is 1.62. The molecule has 1 N–H and O–H groups in total. The predicted octanol–water partition coefficient (Wildman–Crippen LogP) is 2.35. The molecule has 2 aromatic rings. The Kier molecular flexibility index (Phi) is 2.81. The first-order valence-electron chi connectivity index (χ1n) is 5.08. The summed E-state index contributed by atoms with van der Waals surface area (Å²) in [5.41, 5.74) is 1.34. The minimum absolute atomic E-state index is 0.352. The summed E-state index contributed by atoms with van der Waals surface area (Å²) in [4.78, 5) is 14.7. The van der Waals surface area contributed by atoms with Crippen molar-refractivity contribution in [1.29, 1.82) is 0 Å². The van der Waals surface area contributed by atoms with Gasteiger partial charge in [0.05, 0.1) is 13.7 Å². The molecule has 0 unspecified atom stereocenters. The van der Waals surface area contributed by atoms with Gasteiger partial charge in [-0.3, -0.25) is 0 Å². The molecule has 1 aromatic carbocycles. The largest absolute Gasteiger partial charge is 0.496 e. The van der Waals surface area contributed by atoms with Crippen LogP contribution in [0, 0.1) is 0 Å². The Bertz CT molecular complexity index is 516. The van der Waals surface area contributed by atoms with Gasteiger partial charge in [0.1, 0.15) is 11.3 Å². The lowest BCUT2D eigenvalue weighted by Crippen LogP contribution is -2.06. The van der Waals surface area contributed by atoms with E-state index in [-0.39, 0.29) is 5.97 Å². The van der Waals surface area contributed by atoms with Gasteiger partial charge in [0.25, 0.3) is 0 Å². The smallest absolute Gasteiger partial charge is 0.341 e. The van der Waals surface area contributed by atoms with Crippen molar-refractivity contribution in [2.45, 2.75) is 6.92 Å². The van der Waals surface area contributed by atoms with Crippen molar-refractivity contribution in [2.75, 3.05) is 13.7 Å². The molecule has 0 saturated carbocycles. The normalized spacial score (nSPS) is 10.4. The minimum Gasteiger partial charge on any atom is -0.496 e. The first-order valence-corrected chi connectivity index (χ1v) is 5.08. The van der Waals surface area contributed by atoms with Gasteiger partial charge in [-0.05, 0) is 25.1 Å². The van der Waals surface area contributed by atoms with Crippen LogP contribution in [-0.2, 0) is 4.74 Å². The van der Waals surface area contributed by atoms with E-state index in [9.17, 15) is 4.79 Å². The van der Waals surface area contributed by atoms with Crippen molar-refractivity contribution in [2.24, 2.45) is 0 Å². The van der Waals surface area contributed by atoms with Crippen LogP contribution in [0.5, 0.6) is 5.75 Å². The molecule has 0 aliphatic carbocycles. The molecule has 0 spiro atoms. The van der Waals surface area contributed by atoms with Crippen molar-refractivity contribution in [1.82, 2.24) is 4.98 Å². The second-order valence-corrected chi connectivity index (χ2v) is 3.34. The van der Waals surface area contributed by atoms with E-state index in [1.807, 2.05) is 18.3 Å². The number of carbonyl (C=O) groups excluding carboxylic acids is 1. The number of aromatic nitrogens is 1. The molecule has 0 fully saturated rings. The second-order valence-electron chi connectivity index (χ2n) is 3.34. The number of benzene rings is 1. The highest BCUT2D eigenvalue weighted by molar-refractivity contribution is 5.97. The van der Waals surface area contributed by atoms with Crippen LogP contribution in [0.25, 0.3) is 10.9 Å². The van der Waals surface area contributed by atoms with Crippen LogP contribution in [0.2, 0.25) is 0 Å². The summed E-state index contributed by atoms with van der Waals surface area (Å²) in [6.45, 7) is 2.13. The third kappa shape index (κ3) is 1.74. The molecule has 0 saturated heterocycles. The molecule has 0 atom stereocenters. The zero-order valence-corrected chi connectivity index (χ0v) is 9.24. The molecule has 84 valence electrons. The first-order chi connectivity index (χ1) is 7.76. The van der Waals surface area contributed by atoms with Crippen molar-refractivity contribution < 1.29 is 14.3 Å². The number of H-pyrrole nitrogens is 1. The fourth-order valence-corrected chi connectivity index (χ4v) is 1.62. The number of ether oxygens (including phenoxy) is 2. The third-order valence-electron chi connectivity index (χ3n) is 2.37. The van der Waals surface area contributed by atoms with Gasteiger partial charge in [0.15, 0.2) is 0 Å². The number of nitrogens with one attached hydrogen (secondary N) is 1. The highest BCUT2D eigenvalue weighted by Crippen LogP contribution is 2.25. The fraction of sp³-hybridized carbons (Fsp3) is 0.250. The Labute approximate surface area is 93.2 Å². The minimum atomic E-state index is -0.365. The lowest BCUT2D eigenvalue weighted by molar-refractivity contribution is 0.0523. The zero-order valence-electron chi connectivity index (χ0n) is 9.24. The first kappa shape index (κ1) is 10.5. The molecule has 0 radical (unpaired) electrons. The Morgan fingerprint density at radius 1 is 1.44 bits per heavy atom. The van der Waals surface area contributed by atoms with Gasteiger partial charge in [0.2, 0.25) is 0 Å². The summed E-state index contributed by atoms with van der Waals surface area (Å²) in [6.07, 6.45) is 1.82. The van der Waals surface area contributed by atoms with Gasteiger partial charge >= 0.3 is 5.97 Å². The van der Waals surface area contributed by atoms with Crippen LogP contribution in [0.1, 0.15) is 17.3 Å². The van der Waals surface area contributed by atoms with E-state index in [4.69, 9.17) is 9.47 Å². The molecule has 1 aromatic heterocycles. The predicted molar refractivity (Wildman–Crippen MR) is 60.8 cm³/mol. The molecule has 0 aliphatic heterocycles. The number of aromatic amines is 1. The lowest BCUT2D eigenvalue weighted by atomic mass is 10.1. The van der Waals surface area contributed by atoms with Gasteiger partial charge in [-0.25, -0.2) is 4.79 Å². The van der Waals surface area contributed by atoms with Crippen LogP contribution < -0.4 is 4.74 Å². The molecule has 16 heavy (non-hydrogen) atoms. The van der Waals surface area contributed by atoms with E-state index in [0.29, 0.717) is 17.9 Å². The molecule has 0 aliphatic rings. The summed E-state index contributed by atoms with van der Waals surface area (Å²) in [5, 5.41) is 1.00. The van der Waals surface area contributed by atoms with E-state index in [1.54, 1.807) is 13.0 Å². The van der Waals surface area contributed by atoms with Crippen molar-refractivity contribution >= 4 is 16.9 Å². The average molecular weight is 219 g/mol. The van der Waals surface area contributed by atoms with E-state index >= 15 is 0 Å². The van der Waals surface area contributed by atoms with Crippen molar-refractivity contribution in [3.8, 4) is 5.75 Å². The summed E-state index contributed by atoms with van der Waals surface area (Å²) < 4.78 is 10.1. The quantitative estimate of drug-likeness (QED) is 0.806. The molecule has 4 nitrogen and oxygen atoms in total. The van der Waals surface area contributed by atoms with E-state index in [1.165, 1.54) is 7.11 Å². The van der Waals surface area contributed by atoms with E-state index < -0.39 is 0 Å². The number of methoxy groups -OCH3 is 1. The maximum Gasteiger partial charge on any atom is 0.341 e. The summed E-state index contributed by atoms with van der Waals surface area (Å²) in [5.74, 6) is 0.168. The van der Waals surface area contributed by atoms with Gasteiger partial charge < -0.3 is 14.5 Å². The number of rotatable bonds is 3. The average Bonchev–Trinajstić information content (AvgIpc) is 2.74. The second kappa shape index (κ2) is 4.26. The Hall–Kier alpha value is -1.97. The van der Waals surface area contributed by atoms with Crippen molar-refractivity contribution in [3.05, 3.63) is 30.0 Å². The van der Waals surface area contributed by atoms with Gasteiger partial charge in [-0.1, -0.05) is 0 Å². The number of carbonyl (C=O) groups is 1. The molecule has 1 heterocycles. The highest BCUT2D eigenvalue weighted by atomic mass is 16.5. The molecule has 4 heteroatoms. The monoisotopic (exact) mass is 219 g/mol. The number of fused-ring (bicyclic) bond motifs is 1. The maximum absolute atomic E-state index is 11.7. The van der Waals surface area contributed by atoms with Crippen molar-refractivity contribution in [3.63, 3.8) is 0 Å². The Morgan fingerprint density at radius 3 is 2.94 bits per heavy atom. The third-order valence-corrected chi connectivity index (χ3v) is 2.37. The highest BCUT2D eigenvalue weighted by Gasteiger charge is 2.14. The van der Waals surface area contributed by atoms with Gasteiger partial charge in [0, 0.05) is 17.1 Å². The molecule has 0 bridgehead atoms. The summed E-state index contributed by atoms with van der Waals surface area (Å²) >= 11 is 0. The SMILES string of the molecule is CCOC(=O)c1cc2[nH]ccc2cc1OC. The van der Waals surface area contributed by atoms with E-state index in [2.05, 4.69) is 4.98 Å². The van der Waals surface area contributed by atoms with Crippen LogP contribution in [0.4, 0.5) is 0 Å². The molecule has 2 rings (SSSR count). The number of hydrogen-bond donors (Lipinski definition) is 1. The summed E-state index contributed by atoms with van der Waals surface area (Å²) in [6, 6.07) is 5.48. The molecule has 0 amide bonds. The van der Waals surface area contributed by atoms with E-state index in [0.717, 1.165) is 10.9 Å². The van der Waals surface area contributed by atoms with Gasteiger partial charge in [-0.15, -0.1) is 0 Å². The lowest BCUT2D eigenvalue weighted by Gasteiger charge is -2.07. The molecular formula is C12H13NO3. The number of esters is 1. The Morgan fingerprint density at radius 2 is 2.25 bits per heavy atom. The number of hydrogen-bond acceptors (Lipinski definition) is 3. The van der Waals surface area contributed by atoms with Gasteiger partial charge in [-0.2, -0.15) is 0 Å². The standard InChI is InChI=1S/C12H13NO3/c1-3-16-12(14)9-7-10-8(4-5-13-10)6-11(9)15-2/h4-7,13H,3H2,1-2H3. The van der Waals surface area contributed by atoms with Crippen LogP contribution in [-0.4, -0.2) is 24.7 Å².